The van der Waals surface area contributed by atoms with E-state index in [-0.39, 0.29) is 5.91 Å². The molecule has 3 aromatic rings. The van der Waals surface area contributed by atoms with Crippen LogP contribution in [0.25, 0.3) is 0 Å². The summed E-state index contributed by atoms with van der Waals surface area (Å²) in [6.07, 6.45) is 1.67. The summed E-state index contributed by atoms with van der Waals surface area (Å²) < 4.78 is 11.9. The van der Waals surface area contributed by atoms with Crippen molar-refractivity contribution in [2.75, 3.05) is 7.05 Å². The highest BCUT2D eigenvalue weighted by atomic mass is 16.5. The number of ether oxygens (including phenoxy) is 2. The van der Waals surface area contributed by atoms with E-state index in [2.05, 4.69) is 10.3 Å². The fourth-order valence-corrected chi connectivity index (χ4v) is 2.48. The molecule has 5 nitrogen and oxygen atoms in total. The molecule has 0 aliphatic heterocycles. The summed E-state index contributed by atoms with van der Waals surface area (Å²) in [6.45, 7) is 0.726. The molecule has 2 N–H and O–H groups in total. The molecular formula is C21H21N2O3+. The van der Waals surface area contributed by atoms with E-state index < -0.39 is 0 Å². The van der Waals surface area contributed by atoms with Gasteiger partial charge in [0.05, 0.1) is 0 Å². The van der Waals surface area contributed by atoms with Crippen LogP contribution in [0.15, 0.2) is 72.9 Å². The molecule has 1 amide bonds. The van der Waals surface area contributed by atoms with Crippen molar-refractivity contribution in [1.82, 2.24) is 5.32 Å². The van der Waals surface area contributed by atoms with E-state index in [1.165, 1.54) is 0 Å². The monoisotopic (exact) mass is 349 g/mol. The Morgan fingerprint density at radius 3 is 2.04 bits per heavy atom. The smallest absolute Gasteiger partial charge is 0.320 e. The molecule has 26 heavy (non-hydrogen) atoms. The van der Waals surface area contributed by atoms with Crippen LogP contribution in [0.1, 0.15) is 21.6 Å². The van der Waals surface area contributed by atoms with E-state index >= 15 is 0 Å². The van der Waals surface area contributed by atoms with Gasteiger partial charge in [0.2, 0.25) is 5.75 Å². The van der Waals surface area contributed by atoms with Gasteiger partial charge >= 0.3 is 11.6 Å². The Hall–Kier alpha value is -3.34. The number of hydrogen-bond acceptors (Lipinski definition) is 3. The lowest BCUT2D eigenvalue weighted by molar-refractivity contribution is -0.383. The third kappa shape index (κ3) is 4.39. The molecule has 0 bridgehead atoms. The molecule has 0 aliphatic carbocycles. The van der Waals surface area contributed by atoms with Crippen LogP contribution in [0.3, 0.4) is 0 Å². The fourth-order valence-electron chi connectivity index (χ4n) is 2.48. The van der Waals surface area contributed by atoms with Gasteiger partial charge in [0.1, 0.15) is 13.2 Å². The first-order valence-corrected chi connectivity index (χ1v) is 8.38. The van der Waals surface area contributed by atoms with Gasteiger partial charge in [-0.3, -0.25) is 4.79 Å². The van der Waals surface area contributed by atoms with Crippen LogP contribution in [0.4, 0.5) is 0 Å². The third-order valence-corrected chi connectivity index (χ3v) is 3.83. The van der Waals surface area contributed by atoms with Gasteiger partial charge in [0.15, 0.2) is 11.9 Å². The second-order valence-corrected chi connectivity index (χ2v) is 5.67. The summed E-state index contributed by atoms with van der Waals surface area (Å²) in [5.41, 5.74) is 2.37. The number of aromatic nitrogens is 1. The lowest BCUT2D eigenvalue weighted by atomic mass is 10.2. The van der Waals surface area contributed by atoms with Crippen LogP contribution in [0, 0.1) is 0 Å². The van der Waals surface area contributed by atoms with Crippen LogP contribution in [0.2, 0.25) is 0 Å². The fraction of sp³-hybridized carbons (Fsp3) is 0.143. The second-order valence-electron chi connectivity index (χ2n) is 5.67. The molecule has 0 unspecified atom stereocenters. The minimum absolute atomic E-state index is 0.266. The lowest BCUT2D eigenvalue weighted by Crippen LogP contribution is -2.27. The predicted octanol–water partition coefficient (Wildman–Crippen LogP) is 3.02. The summed E-state index contributed by atoms with van der Waals surface area (Å²) in [4.78, 5) is 15.1. The van der Waals surface area contributed by atoms with E-state index in [0.29, 0.717) is 30.4 Å². The van der Waals surface area contributed by atoms with Crippen molar-refractivity contribution in [2.24, 2.45) is 0 Å². The van der Waals surface area contributed by atoms with Crippen molar-refractivity contribution in [3.05, 3.63) is 89.7 Å². The number of hydrogen-bond donors (Lipinski definition) is 1. The van der Waals surface area contributed by atoms with Gasteiger partial charge < -0.3 is 14.8 Å². The van der Waals surface area contributed by atoms with Crippen LogP contribution < -0.4 is 19.8 Å². The quantitative estimate of drug-likeness (QED) is 0.713. The molecular weight excluding hydrogens is 328 g/mol. The molecule has 5 heteroatoms. The Morgan fingerprint density at radius 1 is 0.885 bits per heavy atom. The Labute approximate surface area is 152 Å². The maximum absolute atomic E-state index is 12.2. The third-order valence-electron chi connectivity index (χ3n) is 3.83. The first-order chi connectivity index (χ1) is 12.8. The van der Waals surface area contributed by atoms with E-state index in [4.69, 9.17) is 9.47 Å². The minimum Gasteiger partial charge on any atom is -0.484 e. The normalized spacial score (nSPS) is 10.2. The highest BCUT2D eigenvalue weighted by molar-refractivity contribution is 5.93. The Balaban J connectivity index is 1.83. The molecule has 1 heterocycles. The molecule has 132 valence electrons. The van der Waals surface area contributed by atoms with Gasteiger partial charge in [-0.1, -0.05) is 60.7 Å². The topological polar surface area (TPSA) is 61.7 Å². The van der Waals surface area contributed by atoms with Gasteiger partial charge in [-0.25, -0.2) is 4.98 Å². The average Bonchev–Trinajstić information content (AvgIpc) is 2.71. The van der Waals surface area contributed by atoms with Gasteiger partial charge in [0.25, 0.3) is 0 Å². The molecule has 0 radical (unpaired) electrons. The van der Waals surface area contributed by atoms with Crippen molar-refractivity contribution in [3.8, 4) is 11.5 Å². The Bertz CT molecular complexity index is 852. The molecule has 0 atom stereocenters. The summed E-state index contributed by atoms with van der Waals surface area (Å²) >= 11 is 0. The summed E-state index contributed by atoms with van der Waals surface area (Å²) in [5.74, 6) is 0.645. The maximum Gasteiger partial charge on any atom is 0.320 e. The predicted molar refractivity (Wildman–Crippen MR) is 97.9 cm³/mol. The zero-order chi connectivity index (χ0) is 18.2. The van der Waals surface area contributed by atoms with Gasteiger partial charge in [-0.2, -0.15) is 0 Å². The molecule has 3 rings (SSSR count). The zero-order valence-electron chi connectivity index (χ0n) is 14.6. The van der Waals surface area contributed by atoms with E-state index in [0.717, 1.165) is 11.1 Å². The van der Waals surface area contributed by atoms with Gasteiger partial charge in [-0.15, -0.1) is 0 Å². The number of amides is 1. The van der Waals surface area contributed by atoms with E-state index in [1.54, 1.807) is 19.3 Å². The molecule has 2 aromatic carbocycles. The largest absolute Gasteiger partial charge is 0.484 e. The zero-order valence-corrected chi connectivity index (χ0v) is 14.6. The lowest BCUT2D eigenvalue weighted by Gasteiger charge is -2.13. The molecule has 0 saturated heterocycles. The van der Waals surface area contributed by atoms with E-state index in [9.17, 15) is 4.79 Å². The molecule has 1 aromatic heterocycles. The minimum atomic E-state index is -0.266. The number of pyridine rings is 1. The number of H-pyrrole nitrogens is 1. The van der Waals surface area contributed by atoms with Gasteiger partial charge in [0, 0.05) is 13.1 Å². The van der Waals surface area contributed by atoms with Crippen LogP contribution in [0.5, 0.6) is 11.5 Å². The SMILES string of the molecule is CNC(=O)c1[nH+]ccc(OCc2ccccc2)c1OCc1ccccc1. The Morgan fingerprint density at radius 2 is 1.46 bits per heavy atom. The van der Waals surface area contributed by atoms with E-state index in [1.807, 2.05) is 60.7 Å². The highest BCUT2D eigenvalue weighted by Gasteiger charge is 2.24. The maximum atomic E-state index is 12.2. The molecule has 0 aliphatic rings. The second kappa shape index (κ2) is 8.67. The van der Waals surface area contributed by atoms with Crippen molar-refractivity contribution in [2.45, 2.75) is 13.2 Å². The van der Waals surface area contributed by atoms with Crippen LogP contribution >= 0.6 is 0 Å². The summed E-state index contributed by atoms with van der Waals surface area (Å²) in [7, 11) is 1.58. The number of carbonyl (C=O) groups excluding carboxylic acids is 1. The first-order valence-electron chi connectivity index (χ1n) is 8.38. The Kier molecular flexibility index (Phi) is 5.83. The van der Waals surface area contributed by atoms with Crippen molar-refractivity contribution in [3.63, 3.8) is 0 Å². The molecule has 0 saturated carbocycles. The number of aromatic amines is 1. The number of carbonyl (C=O) groups is 1. The van der Waals surface area contributed by atoms with Crippen LogP contribution in [-0.4, -0.2) is 13.0 Å². The van der Waals surface area contributed by atoms with Crippen molar-refractivity contribution >= 4 is 5.91 Å². The first kappa shape index (κ1) is 17.5. The van der Waals surface area contributed by atoms with Crippen molar-refractivity contribution < 1.29 is 19.3 Å². The number of nitrogens with one attached hydrogen (secondary N) is 2. The highest BCUT2D eigenvalue weighted by Crippen LogP contribution is 2.30. The number of rotatable bonds is 7. The summed E-state index contributed by atoms with van der Waals surface area (Å²) in [6, 6.07) is 21.4. The molecule has 0 fully saturated rings. The molecule has 0 spiro atoms. The average molecular weight is 349 g/mol. The number of benzene rings is 2. The van der Waals surface area contributed by atoms with Gasteiger partial charge in [-0.05, 0) is 11.1 Å². The van der Waals surface area contributed by atoms with Crippen LogP contribution in [-0.2, 0) is 13.2 Å². The van der Waals surface area contributed by atoms with Crippen molar-refractivity contribution in [1.29, 1.82) is 0 Å². The standard InChI is InChI=1S/C21H20N2O3/c1-22-21(24)19-20(26-15-17-10-6-3-7-11-17)18(12-13-23-19)25-14-16-8-4-2-5-9-16/h2-13H,14-15H2,1H3,(H,22,24)/p+1. The summed E-state index contributed by atoms with van der Waals surface area (Å²) in [5, 5.41) is 2.62.